The Morgan fingerprint density at radius 2 is 1.70 bits per heavy atom. The lowest BCUT2D eigenvalue weighted by Gasteiger charge is -2.33. The number of aliphatic hydroxyl groups excluding tert-OH is 1. The average molecular weight is 468 g/mol. The molecule has 0 spiro atoms. The maximum absolute atomic E-state index is 13.3. The van der Waals surface area contributed by atoms with Crippen LogP contribution in [0.2, 0.25) is 0 Å². The Morgan fingerprint density at radius 3 is 2.36 bits per heavy atom. The molecule has 2 aromatic carbocycles. The van der Waals surface area contributed by atoms with Crippen molar-refractivity contribution in [1.82, 2.24) is 14.8 Å². The van der Waals surface area contributed by atoms with Crippen molar-refractivity contribution < 1.29 is 9.90 Å². The Hall–Kier alpha value is -2.34. The molecule has 5 nitrogen and oxygen atoms in total. The van der Waals surface area contributed by atoms with E-state index in [0.29, 0.717) is 31.1 Å². The van der Waals surface area contributed by atoms with E-state index >= 15 is 0 Å². The van der Waals surface area contributed by atoms with Crippen LogP contribution < -0.4 is 0 Å². The molecule has 3 aromatic rings. The summed E-state index contributed by atoms with van der Waals surface area (Å²) in [6.07, 6.45) is 2.55. The van der Waals surface area contributed by atoms with Gasteiger partial charge in [-0.05, 0) is 74.9 Å². The number of hydrogen-bond acceptors (Lipinski definition) is 3. The number of likely N-dealkylation sites (tertiary alicyclic amines) is 2. The van der Waals surface area contributed by atoms with Gasteiger partial charge in [-0.25, -0.2) is 0 Å². The Bertz CT molecular complexity index is 1110. The van der Waals surface area contributed by atoms with Crippen LogP contribution in [0.1, 0.15) is 57.9 Å². The monoisotopic (exact) mass is 467 g/mol. The van der Waals surface area contributed by atoms with Crippen molar-refractivity contribution in [1.29, 1.82) is 0 Å². The summed E-state index contributed by atoms with van der Waals surface area (Å²) in [5, 5.41) is 11.0. The molecule has 2 aliphatic rings. The van der Waals surface area contributed by atoms with E-state index in [-0.39, 0.29) is 18.3 Å². The third kappa shape index (κ3) is 4.68. The average Bonchev–Trinajstić information content (AvgIpc) is 3.38. The maximum atomic E-state index is 13.3. The summed E-state index contributed by atoms with van der Waals surface area (Å²) in [7, 11) is 0. The highest BCUT2D eigenvalue weighted by Gasteiger charge is 2.30. The van der Waals surface area contributed by atoms with Gasteiger partial charge in [-0.2, -0.15) is 0 Å². The van der Waals surface area contributed by atoms with Gasteiger partial charge in [0.1, 0.15) is 5.69 Å². The van der Waals surface area contributed by atoms with Crippen molar-refractivity contribution in [2.75, 3.05) is 26.2 Å². The first kappa shape index (κ1) is 23.8. The summed E-state index contributed by atoms with van der Waals surface area (Å²) < 4.78 is 0. The first-order valence-electron chi connectivity index (χ1n) is 11.9. The number of aryl methyl sites for hydroxylation is 2. The fourth-order valence-electron chi connectivity index (χ4n) is 5.71. The molecule has 0 bridgehead atoms. The number of fused-ring (bicyclic) bond motifs is 1. The van der Waals surface area contributed by atoms with Gasteiger partial charge in [0, 0.05) is 36.1 Å². The van der Waals surface area contributed by atoms with E-state index < -0.39 is 6.10 Å². The Morgan fingerprint density at radius 1 is 1.00 bits per heavy atom. The topological polar surface area (TPSA) is 59.6 Å². The quantitative estimate of drug-likeness (QED) is 0.579. The van der Waals surface area contributed by atoms with E-state index in [1.165, 1.54) is 16.7 Å². The van der Waals surface area contributed by atoms with Crippen LogP contribution in [0.15, 0.2) is 42.5 Å². The van der Waals surface area contributed by atoms with E-state index in [9.17, 15) is 9.90 Å². The van der Waals surface area contributed by atoms with Crippen LogP contribution in [-0.2, 0) is 6.54 Å². The number of aromatic nitrogens is 1. The maximum Gasteiger partial charge on any atom is 0.270 e. The van der Waals surface area contributed by atoms with Crippen LogP contribution in [0.3, 0.4) is 0 Å². The first-order chi connectivity index (χ1) is 15.5. The second-order valence-corrected chi connectivity index (χ2v) is 9.57. The molecule has 0 unspecified atom stereocenters. The van der Waals surface area contributed by atoms with Gasteiger partial charge in [-0.1, -0.05) is 36.4 Å². The Balaban J connectivity index is 0.00000259. The Kier molecular flexibility index (Phi) is 7.13. The number of carbonyl (C=O) groups is 1. The number of nitrogens with zero attached hydrogens (tertiary/aromatic N) is 2. The largest absolute Gasteiger partial charge is 0.391 e. The summed E-state index contributed by atoms with van der Waals surface area (Å²) in [4.78, 5) is 21.0. The second kappa shape index (κ2) is 9.88. The molecular formula is C27H34ClN3O2. The summed E-state index contributed by atoms with van der Waals surface area (Å²) in [6.45, 7) is 8.36. The van der Waals surface area contributed by atoms with Gasteiger partial charge in [-0.3, -0.25) is 9.69 Å². The predicted octanol–water partition coefficient (Wildman–Crippen LogP) is 4.79. The number of nitrogens with one attached hydrogen (secondary N) is 1. The lowest BCUT2D eigenvalue weighted by Crippen LogP contribution is -2.34. The highest BCUT2D eigenvalue weighted by molar-refractivity contribution is 6.01. The first-order valence-corrected chi connectivity index (χ1v) is 11.9. The van der Waals surface area contributed by atoms with Gasteiger partial charge in [0.25, 0.3) is 5.91 Å². The highest BCUT2D eigenvalue weighted by Crippen LogP contribution is 2.34. The summed E-state index contributed by atoms with van der Waals surface area (Å²) in [6, 6.07) is 14.8. The van der Waals surface area contributed by atoms with Crippen LogP contribution in [0.5, 0.6) is 0 Å². The number of hydrogen-bond donors (Lipinski definition) is 2. The van der Waals surface area contributed by atoms with Crippen molar-refractivity contribution in [3.63, 3.8) is 0 Å². The number of halogens is 1. The zero-order valence-electron chi connectivity index (χ0n) is 19.5. The molecule has 2 N–H and O–H groups in total. The molecule has 1 aromatic heterocycles. The summed E-state index contributed by atoms with van der Waals surface area (Å²) in [5.41, 5.74) is 7.13. The van der Waals surface area contributed by atoms with Crippen molar-refractivity contribution in [3.8, 4) is 0 Å². The molecule has 0 radical (unpaired) electrons. The molecule has 6 heteroatoms. The molecule has 2 aliphatic heterocycles. The van der Waals surface area contributed by atoms with Gasteiger partial charge in [0.2, 0.25) is 0 Å². The second-order valence-electron chi connectivity index (χ2n) is 9.57. The van der Waals surface area contributed by atoms with Crippen LogP contribution in [0, 0.1) is 13.8 Å². The molecule has 1 amide bonds. The molecular weight excluding hydrogens is 434 g/mol. The SMILES string of the molecule is Cc1cccc(C)c1C1CCN(Cc2c(C(=O)N3CC[C@@H](O)C3)[nH]c3ccccc23)CC1.Cl. The van der Waals surface area contributed by atoms with Crippen molar-refractivity contribution >= 4 is 29.2 Å². The number of para-hydroxylation sites is 1. The number of aliphatic hydroxyl groups is 1. The number of H-pyrrole nitrogens is 1. The molecule has 2 fully saturated rings. The molecule has 0 aliphatic carbocycles. The van der Waals surface area contributed by atoms with Gasteiger partial charge < -0.3 is 15.0 Å². The minimum atomic E-state index is -0.407. The lowest BCUT2D eigenvalue weighted by molar-refractivity contribution is 0.0757. The molecule has 0 saturated carbocycles. The predicted molar refractivity (Wildman–Crippen MR) is 135 cm³/mol. The minimum absolute atomic E-state index is 0. The third-order valence-corrected chi connectivity index (χ3v) is 7.40. The number of amides is 1. The van der Waals surface area contributed by atoms with Crippen molar-refractivity contribution in [3.05, 3.63) is 70.4 Å². The number of β-amino-alcohol motifs (C(OH)–C–C–N with tert-alkyl or cyclic N) is 1. The highest BCUT2D eigenvalue weighted by atomic mass is 35.5. The number of benzene rings is 2. The zero-order chi connectivity index (χ0) is 22.2. The minimum Gasteiger partial charge on any atom is -0.391 e. The molecule has 33 heavy (non-hydrogen) atoms. The van der Waals surface area contributed by atoms with E-state index in [2.05, 4.69) is 48.0 Å². The third-order valence-electron chi connectivity index (χ3n) is 7.40. The summed E-state index contributed by atoms with van der Waals surface area (Å²) >= 11 is 0. The number of carbonyl (C=O) groups excluding carboxylic acids is 1. The normalized spacial score (nSPS) is 19.7. The zero-order valence-corrected chi connectivity index (χ0v) is 20.3. The molecule has 5 rings (SSSR count). The van der Waals surface area contributed by atoms with Crippen molar-refractivity contribution in [2.45, 2.75) is 51.7 Å². The van der Waals surface area contributed by atoms with Crippen molar-refractivity contribution in [2.24, 2.45) is 0 Å². The van der Waals surface area contributed by atoms with Gasteiger partial charge >= 0.3 is 0 Å². The van der Waals surface area contributed by atoms with Gasteiger partial charge in [0.15, 0.2) is 0 Å². The summed E-state index contributed by atoms with van der Waals surface area (Å²) in [5.74, 6) is 0.626. The van der Waals surface area contributed by atoms with E-state index in [4.69, 9.17) is 0 Å². The van der Waals surface area contributed by atoms with Crippen LogP contribution >= 0.6 is 12.4 Å². The molecule has 176 valence electrons. The lowest BCUT2D eigenvalue weighted by atomic mass is 9.84. The van der Waals surface area contributed by atoms with Gasteiger partial charge in [-0.15, -0.1) is 12.4 Å². The van der Waals surface area contributed by atoms with Crippen LogP contribution in [0.4, 0.5) is 0 Å². The number of rotatable bonds is 4. The fourth-order valence-corrected chi connectivity index (χ4v) is 5.71. The standard InChI is InChI=1S/C27H33N3O2.ClH/c1-18-6-5-7-19(2)25(18)20-10-13-29(14-11-20)17-23-22-8-3-4-9-24(22)28-26(23)27(32)30-15-12-21(31)16-30;/h3-9,20-21,28,31H,10-17H2,1-2H3;1H/t21-;/m1./s1. The van der Waals surface area contributed by atoms with E-state index in [1.54, 1.807) is 4.90 Å². The van der Waals surface area contributed by atoms with E-state index in [0.717, 1.165) is 48.9 Å². The number of aromatic amines is 1. The molecule has 3 heterocycles. The molecule has 1 atom stereocenters. The molecule has 2 saturated heterocycles. The van der Waals surface area contributed by atoms with Crippen LogP contribution in [0.25, 0.3) is 10.9 Å². The smallest absolute Gasteiger partial charge is 0.270 e. The fraction of sp³-hybridized carbons (Fsp3) is 0.444. The van der Waals surface area contributed by atoms with E-state index in [1.807, 2.05) is 18.2 Å². The Labute approximate surface area is 202 Å². The van der Waals surface area contributed by atoms with Gasteiger partial charge in [0.05, 0.1) is 6.10 Å². The number of piperidine rings is 1. The van der Waals surface area contributed by atoms with Crippen LogP contribution in [-0.4, -0.2) is 58.1 Å².